The van der Waals surface area contributed by atoms with Crippen molar-refractivity contribution in [3.05, 3.63) is 25.3 Å². The maximum atomic E-state index is 3.76. The number of hydrogen-bond donors (Lipinski definition) is 0. The van der Waals surface area contributed by atoms with Crippen molar-refractivity contribution in [2.45, 2.75) is 13.3 Å². The molecule has 0 saturated carbocycles. The van der Waals surface area contributed by atoms with E-state index in [9.17, 15) is 0 Å². The fourth-order valence-corrected chi connectivity index (χ4v) is 1.42. The van der Waals surface area contributed by atoms with Crippen LogP contribution in [0.5, 0.6) is 0 Å². The van der Waals surface area contributed by atoms with Crippen LogP contribution in [0.3, 0.4) is 0 Å². The number of nitrogens with zero attached hydrogens (tertiary/aromatic N) is 1. The summed E-state index contributed by atoms with van der Waals surface area (Å²) < 4.78 is 1.05. The summed E-state index contributed by atoms with van der Waals surface area (Å²) >= 11 is 0. The van der Waals surface area contributed by atoms with Crippen LogP contribution in [-0.4, -0.2) is 31.2 Å². The minimum atomic E-state index is 1.04. The van der Waals surface area contributed by atoms with Crippen molar-refractivity contribution in [3.63, 3.8) is 0 Å². The molecule has 0 rings (SSSR count). The smallest absolute Gasteiger partial charge is 0.0971 e. The fourth-order valence-electron chi connectivity index (χ4n) is 1.42. The van der Waals surface area contributed by atoms with Crippen LogP contribution in [0.1, 0.15) is 13.3 Å². The summed E-state index contributed by atoms with van der Waals surface area (Å²) in [7, 11) is 2.24. The average Bonchev–Trinajstić information content (AvgIpc) is 1.88. The highest BCUT2D eigenvalue weighted by molar-refractivity contribution is 4.70. The minimum absolute atomic E-state index is 1.04. The highest BCUT2D eigenvalue weighted by Gasteiger charge is 2.15. The lowest BCUT2D eigenvalue weighted by molar-refractivity contribution is -0.898. The van der Waals surface area contributed by atoms with Crippen LogP contribution in [0, 0.1) is 0 Å². The molecule has 0 unspecified atom stereocenters. The summed E-state index contributed by atoms with van der Waals surface area (Å²) in [4.78, 5) is 0. The van der Waals surface area contributed by atoms with Gasteiger partial charge in [0.15, 0.2) is 0 Å². The molecule has 0 aromatic heterocycles. The first-order chi connectivity index (χ1) is 5.18. The van der Waals surface area contributed by atoms with E-state index in [4.69, 9.17) is 0 Å². The topological polar surface area (TPSA) is 0 Å². The van der Waals surface area contributed by atoms with Crippen LogP contribution in [0.25, 0.3) is 0 Å². The molecule has 0 bridgehead atoms. The van der Waals surface area contributed by atoms with Crippen molar-refractivity contribution in [1.82, 2.24) is 0 Å². The molecule has 0 spiro atoms. The van der Waals surface area contributed by atoms with Gasteiger partial charge in [0, 0.05) is 0 Å². The molecule has 0 radical (unpaired) electrons. The molecule has 0 saturated heterocycles. The van der Waals surface area contributed by atoms with Gasteiger partial charge in [0.1, 0.15) is 0 Å². The van der Waals surface area contributed by atoms with Gasteiger partial charge in [-0.25, -0.2) is 0 Å². The van der Waals surface area contributed by atoms with E-state index in [0.717, 1.165) is 17.6 Å². The molecule has 0 aromatic rings. The van der Waals surface area contributed by atoms with E-state index >= 15 is 0 Å². The molecule has 0 fully saturated rings. The van der Waals surface area contributed by atoms with Crippen molar-refractivity contribution in [1.29, 1.82) is 0 Å². The molecular weight excluding hydrogens is 134 g/mol. The highest BCUT2D eigenvalue weighted by atomic mass is 15.3. The Morgan fingerprint density at radius 2 is 1.64 bits per heavy atom. The van der Waals surface area contributed by atoms with Gasteiger partial charge in [0.05, 0.1) is 26.7 Å². The predicted molar refractivity (Wildman–Crippen MR) is 51.5 cm³/mol. The Hall–Kier alpha value is -0.560. The van der Waals surface area contributed by atoms with Crippen molar-refractivity contribution in [2.75, 3.05) is 26.7 Å². The molecule has 0 aliphatic rings. The Balaban J connectivity index is 3.98. The zero-order chi connectivity index (χ0) is 8.74. The number of quaternary nitrogens is 1. The molecule has 0 aliphatic carbocycles. The van der Waals surface area contributed by atoms with Crippen molar-refractivity contribution < 1.29 is 4.48 Å². The molecular formula is C10H20N+. The minimum Gasteiger partial charge on any atom is -0.320 e. The lowest BCUT2D eigenvalue weighted by atomic mass is 10.3. The second kappa shape index (κ2) is 5.14. The first-order valence-electron chi connectivity index (χ1n) is 4.24. The van der Waals surface area contributed by atoms with Crippen LogP contribution in [0.15, 0.2) is 25.3 Å². The lowest BCUT2D eigenvalue weighted by Gasteiger charge is -2.31. The van der Waals surface area contributed by atoms with Crippen molar-refractivity contribution >= 4 is 0 Å². The average molecular weight is 154 g/mol. The van der Waals surface area contributed by atoms with Gasteiger partial charge in [0.2, 0.25) is 0 Å². The maximum absolute atomic E-state index is 3.76. The van der Waals surface area contributed by atoms with Crippen LogP contribution in [0.2, 0.25) is 0 Å². The molecule has 0 heterocycles. The van der Waals surface area contributed by atoms with Crippen LogP contribution < -0.4 is 0 Å². The van der Waals surface area contributed by atoms with E-state index in [0.29, 0.717) is 0 Å². The molecule has 1 heteroatoms. The van der Waals surface area contributed by atoms with Gasteiger partial charge in [-0.2, -0.15) is 0 Å². The zero-order valence-corrected chi connectivity index (χ0v) is 7.84. The van der Waals surface area contributed by atoms with E-state index in [2.05, 4.69) is 27.1 Å². The first-order valence-corrected chi connectivity index (χ1v) is 4.24. The Kier molecular flexibility index (Phi) is 4.88. The molecule has 64 valence electrons. The second-order valence-corrected chi connectivity index (χ2v) is 3.29. The summed E-state index contributed by atoms with van der Waals surface area (Å²) in [5.41, 5.74) is 0. The van der Waals surface area contributed by atoms with Gasteiger partial charge in [-0.1, -0.05) is 20.1 Å². The van der Waals surface area contributed by atoms with Gasteiger partial charge in [-0.05, 0) is 18.6 Å². The standard InChI is InChI=1S/C10H20N/c1-5-8-11(4,9-6-2)10-7-3/h5-6H,1-2,7-10H2,3-4H3/q+1. The van der Waals surface area contributed by atoms with E-state index in [-0.39, 0.29) is 0 Å². The quantitative estimate of drug-likeness (QED) is 0.406. The molecule has 1 nitrogen and oxygen atoms in total. The molecule has 0 atom stereocenters. The lowest BCUT2D eigenvalue weighted by Crippen LogP contribution is -2.44. The number of rotatable bonds is 6. The van der Waals surface area contributed by atoms with Gasteiger partial charge in [-0.3, -0.25) is 0 Å². The summed E-state index contributed by atoms with van der Waals surface area (Å²) in [6, 6.07) is 0. The Morgan fingerprint density at radius 3 is 1.91 bits per heavy atom. The number of likely N-dealkylation sites (N-methyl/N-ethyl adjacent to an activating group) is 1. The summed E-state index contributed by atoms with van der Waals surface area (Å²) in [5, 5.41) is 0. The summed E-state index contributed by atoms with van der Waals surface area (Å²) in [5.74, 6) is 0. The van der Waals surface area contributed by atoms with E-state index in [1.807, 2.05) is 12.2 Å². The summed E-state index contributed by atoms with van der Waals surface area (Å²) in [6.07, 6.45) is 5.19. The Labute approximate surface area is 70.6 Å². The van der Waals surface area contributed by atoms with Gasteiger partial charge in [0.25, 0.3) is 0 Å². The van der Waals surface area contributed by atoms with Gasteiger partial charge < -0.3 is 4.48 Å². The van der Waals surface area contributed by atoms with E-state index < -0.39 is 0 Å². The van der Waals surface area contributed by atoms with E-state index in [1.54, 1.807) is 0 Å². The monoisotopic (exact) mass is 154 g/mol. The van der Waals surface area contributed by atoms with Crippen molar-refractivity contribution in [3.8, 4) is 0 Å². The summed E-state index contributed by atoms with van der Waals surface area (Å²) in [6.45, 7) is 13.0. The predicted octanol–water partition coefficient (Wildman–Crippen LogP) is 2.21. The molecule has 0 aromatic carbocycles. The highest BCUT2D eigenvalue weighted by Crippen LogP contribution is 2.03. The molecule has 0 N–H and O–H groups in total. The van der Waals surface area contributed by atoms with Gasteiger partial charge >= 0.3 is 0 Å². The second-order valence-electron chi connectivity index (χ2n) is 3.29. The van der Waals surface area contributed by atoms with Gasteiger partial charge in [-0.15, -0.1) is 0 Å². The number of hydrogen-bond acceptors (Lipinski definition) is 0. The Bertz CT molecular complexity index is 117. The fraction of sp³-hybridized carbons (Fsp3) is 0.600. The van der Waals surface area contributed by atoms with Crippen molar-refractivity contribution in [2.24, 2.45) is 0 Å². The van der Waals surface area contributed by atoms with Crippen LogP contribution >= 0.6 is 0 Å². The third-order valence-corrected chi connectivity index (χ3v) is 1.90. The van der Waals surface area contributed by atoms with Crippen LogP contribution in [0.4, 0.5) is 0 Å². The Morgan fingerprint density at radius 1 is 1.18 bits per heavy atom. The molecule has 0 amide bonds. The first kappa shape index (κ1) is 10.4. The van der Waals surface area contributed by atoms with E-state index in [1.165, 1.54) is 13.0 Å². The largest absolute Gasteiger partial charge is 0.320 e. The maximum Gasteiger partial charge on any atom is 0.0971 e. The van der Waals surface area contributed by atoms with Crippen LogP contribution in [-0.2, 0) is 0 Å². The third kappa shape index (κ3) is 3.99. The molecule has 11 heavy (non-hydrogen) atoms. The zero-order valence-electron chi connectivity index (χ0n) is 7.84. The third-order valence-electron chi connectivity index (χ3n) is 1.90. The normalized spacial score (nSPS) is 11.1. The SMILES string of the molecule is C=CC[N+](C)(CC=C)CCC. The molecule has 0 aliphatic heterocycles.